The Morgan fingerprint density at radius 2 is 2.33 bits per heavy atom. The summed E-state index contributed by atoms with van der Waals surface area (Å²) in [5, 5.41) is 3.97. The van der Waals surface area contributed by atoms with Crippen LogP contribution < -0.4 is 5.43 Å². The predicted octanol–water partition coefficient (Wildman–Crippen LogP) is 1.60. The third-order valence-corrected chi connectivity index (χ3v) is 1.24. The fourth-order valence-electron chi connectivity index (χ4n) is 0.569. The van der Waals surface area contributed by atoms with Crippen molar-refractivity contribution in [3.05, 3.63) is 0 Å². The Balaban J connectivity index is 3.25. The molecule has 0 unspecified atom stereocenters. The maximum absolute atomic E-state index is 5.47. The first-order valence-electron chi connectivity index (χ1n) is 3.07. The lowest BCUT2D eigenvalue weighted by Crippen LogP contribution is -2.01. The minimum absolute atomic E-state index is 0.719. The van der Waals surface area contributed by atoms with E-state index in [4.69, 9.17) is 11.6 Å². The Morgan fingerprint density at radius 1 is 1.67 bits per heavy atom. The van der Waals surface area contributed by atoms with Gasteiger partial charge >= 0.3 is 0 Å². The van der Waals surface area contributed by atoms with Crippen molar-refractivity contribution < 1.29 is 0 Å². The molecule has 2 nitrogen and oxygen atoms in total. The van der Waals surface area contributed by atoms with E-state index in [2.05, 4.69) is 10.5 Å². The minimum Gasteiger partial charge on any atom is -0.313 e. The zero-order valence-electron chi connectivity index (χ0n) is 5.95. The standard InChI is InChI=1S/C6H13ClN2/c1-6(9-8-2)4-3-5-7/h8H,3-5H2,1-2H3/b9-6+. The Labute approximate surface area is 61.3 Å². The van der Waals surface area contributed by atoms with Crippen LogP contribution >= 0.6 is 11.6 Å². The van der Waals surface area contributed by atoms with Crippen LogP contribution in [-0.4, -0.2) is 18.6 Å². The van der Waals surface area contributed by atoms with Gasteiger partial charge in [-0.15, -0.1) is 11.6 Å². The maximum atomic E-state index is 5.47. The second-order valence-corrected chi connectivity index (χ2v) is 2.24. The highest BCUT2D eigenvalue weighted by Gasteiger charge is 1.88. The summed E-state index contributed by atoms with van der Waals surface area (Å²) in [6.45, 7) is 1.99. The number of hydrogen-bond acceptors (Lipinski definition) is 2. The van der Waals surface area contributed by atoms with Crippen LogP contribution in [0.5, 0.6) is 0 Å². The molecule has 0 heterocycles. The van der Waals surface area contributed by atoms with Crippen LogP contribution in [0.3, 0.4) is 0 Å². The van der Waals surface area contributed by atoms with Crippen LogP contribution in [0.15, 0.2) is 5.10 Å². The molecule has 3 heteroatoms. The van der Waals surface area contributed by atoms with E-state index in [0.29, 0.717) is 0 Å². The highest BCUT2D eigenvalue weighted by atomic mass is 35.5. The van der Waals surface area contributed by atoms with Gasteiger partial charge in [-0.2, -0.15) is 5.10 Å². The molecular weight excluding hydrogens is 136 g/mol. The van der Waals surface area contributed by atoms with Crippen molar-refractivity contribution in [2.24, 2.45) is 5.10 Å². The molecule has 0 aliphatic rings. The van der Waals surface area contributed by atoms with Crippen LogP contribution in [0.1, 0.15) is 19.8 Å². The number of hydrogen-bond donors (Lipinski definition) is 1. The van der Waals surface area contributed by atoms with Crippen LogP contribution in [0.4, 0.5) is 0 Å². The van der Waals surface area contributed by atoms with Crippen molar-refractivity contribution in [2.45, 2.75) is 19.8 Å². The number of nitrogens with one attached hydrogen (secondary N) is 1. The molecule has 0 aliphatic heterocycles. The number of rotatable bonds is 4. The van der Waals surface area contributed by atoms with Crippen molar-refractivity contribution in [3.63, 3.8) is 0 Å². The average molecular weight is 149 g/mol. The number of halogens is 1. The first kappa shape index (κ1) is 8.76. The van der Waals surface area contributed by atoms with Gasteiger partial charge in [0.05, 0.1) is 0 Å². The zero-order valence-corrected chi connectivity index (χ0v) is 6.70. The van der Waals surface area contributed by atoms with Crippen molar-refractivity contribution in [2.75, 3.05) is 12.9 Å². The van der Waals surface area contributed by atoms with Gasteiger partial charge in [0.25, 0.3) is 0 Å². The predicted molar refractivity (Wildman–Crippen MR) is 42.1 cm³/mol. The summed E-state index contributed by atoms with van der Waals surface area (Å²) >= 11 is 5.47. The summed E-state index contributed by atoms with van der Waals surface area (Å²) < 4.78 is 0. The molecule has 0 fully saturated rings. The number of alkyl halides is 1. The van der Waals surface area contributed by atoms with Crippen LogP contribution in [-0.2, 0) is 0 Å². The van der Waals surface area contributed by atoms with Gasteiger partial charge in [-0.05, 0) is 19.8 Å². The summed E-state index contributed by atoms with van der Waals surface area (Å²) in [5.74, 6) is 0.719. The molecule has 0 aromatic rings. The van der Waals surface area contributed by atoms with Gasteiger partial charge in [-0.25, -0.2) is 0 Å². The van der Waals surface area contributed by atoms with E-state index in [1.807, 2.05) is 6.92 Å². The first-order chi connectivity index (χ1) is 4.31. The molecule has 0 bridgehead atoms. The maximum Gasteiger partial charge on any atom is 0.0347 e. The minimum atomic E-state index is 0.719. The summed E-state index contributed by atoms with van der Waals surface area (Å²) in [5.41, 5.74) is 3.83. The fraction of sp³-hybridized carbons (Fsp3) is 0.833. The first-order valence-corrected chi connectivity index (χ1v) is 3.60. The van der Waals surface area contributed by atoms with Gasteiger partial charge in [-0.1, -0.05) is 0 Å². The zero-order chi connectivity index (χ0) is 7.11. The summed E-state index contributed by atoms with van der Waals surface area (Å²) in [7, 11) is 1.80. The van der Waals surface area contributed by atoms with Crippen molar-refractivity contribution in [3.8, 4) is 0 Å². The van der Waals surface area contributed by atoms with E-state index in [0.717, 1.165) is 24.4 Å². The molecule has 54 valence electrons. The Kier molecular flexibility index (Phi) is 5.73. The molecule has 0 amide bonds. The lowest BCUT2D eigenvalue weighted by atomic mass is 10.2. The monoisotopic (exact) mass is 148 g/mol. The number of nitrogens with zero attached hydrogens (tertiary/aromatic N) is 1. The topological polar surface area (TPSA) is 24.4 Å². The van der Waals surface area contributed by atoms with Gasteiger partial charge in [0.2, 0.25) is 0 Å². The molecule has 0 saturated heterocycles. The van der Waals surface area contributed by atoms with Crippen LogP contribution in [0.2, 0.25) is 0 Å². The SMILES string of the molecule is CN/N=C(\C)CCCCl. The lowest BCUT2D eigenvalue weighted by Gasteiger charge is -1.95. The fourth-order valence-corrected chi connectivity index (χ4v) is 0.703. The Hall–Kier alpha value is -0.240. The summed E-state index contributed by atoms with van der Waals surface area (Å²) in [6.07, 6.45) is 2.00. The normalized spacial score (nSPS) is 11.7. The number of hydrazone groups is 1. The molecule has 0 spiro atoms. The van der Waals surface area contributed by atoms with E-state index in [1.54, 1.807) is 7.05 Å². The van der Waals surface area contributed by atoms with Gasteiger partial charge in [-0.3, -0.25) is 0 Å². The average Bonchev–Trinajstić information content (AvgIpc) is 1.85. The van der Waals surface area contributed by atoms with Gasteiger partial charge in [0.1, 0.15) is 0 Å². The molecule has 0 saturated carbocycles. The van der Waals surface area contributed by atoms with E-state index in [9.17, 15) is 0 Å². The molecule has 0 atom stereocenters. The quantitative estimate of drug-likeness (QED) is 0.366. The van der Waals surface area contributed by atoms with Crippen molar-refractivity contribution >= 4 is 17.3 Å². The Morgan fingerprint density at radius 3 is 2.78 bits per heavy atom. The van der Waals surface area contributed by atoms with Gasteiger partial charge < -0.3 is 5.43 Å². The van der Waals surface area contributed by atoms with Crippen LogP contribution in [0.25, 0.3) is 0 Å². The summed E-state index contributed by atoms with van der Waals surface area (Å²) in [4.78, 5) is 0. The molecule has 1 N–H and O–H groups in total. The third-order valence-electron chi connectivity index (χ3n) is 0.975. The van der Waals surface area contributed by atoms with Gasteiger partial charge in [0, 0.05) is 18.6 Å². The largest absolute Gasteiger partial charge is 0.313 e. The second-order valence-electron chi connectivity index (χ2n) is 1.86. The van der Waals surface area contributed by atoms with Crippen molar-refractivity contribution in [1.82, 2.24) is 5.43 Å². The summed E-state index contributed by atoms with van der Waals surface area (Å²) in [6, 6.07) is 0. The molecule has 0 aromatic carbocycles. The van der Waals surface area contributed by atoms with E-state index < -0.39 is 0 Å². The molecule has 0 aliphatic carbocycles. The molecule has 0 aromatic heterocycles. The molecular formula is C6H13ClN2. The lowest BCUT2D eigenvalue weighted by molar-refractivity contribution is 0.875. The highest BCUT2D eigenvalue weighted by Crippen LogP contribution is 1.93. The van der Waals surface area contributed by atoms with E-state index in [1.165, 1.54) is 0 Å². The molecule has 0 rings (SSSR count). The highest BCUT2D eigenvalue weighted by molar-refractivity contribution is 6.17. The van der Waals surface area contributed by atoms with E-state index in [-0.39, 0.29) is 0 Å². The van der Waals surface area contributed by atoms with E-state index >= 15 is 0 Å². The second kappa shape index (κ2) is 5.89. The molecule has 0 radical (unpaired) electrons. The van der Waals surface area contributed by atoms with Crippen molar-refractivity contribution in [1.29, 1.82) is 0 Å². The smallest absolute Gasteiger partial charge is 0.0347 e. The molecule has 9 heavy (non-hydrogen) atoms. The third kappa shape index (κ3) is 5.63. The Bertz CT molecular complexity index is 91.1. The van der Waals surface area contributed by atoms with Gasteiger partial charge in [0.15, 0.2) is 0 Å². The van der Waals surface area contributed by atoms with Crippen LogP contribution in [0, 0.1) is 0 Å².